The maximum Gasteiger partial charge on any atom is 0.310 e. The van der Waals surface area contributed by atoms with Crippen molar-refractivity contribution in [3.8, 4) is 11.5 Å². The molecule has 2 rings (SSSR count). The lowest BCUT2D eigenvalue weighted by atomic mass is 10.0. The number of hydrogen-bond donors (Lipinski definition) is 0. The average molecular weight is 358 g/mol. The summed E-state index contributed by atoms with van der Waals surface area (Å²) in [5.41, 5.74) is 1.93. The first-order valence-corrected chi connectivity index (χ1v) is 8.95. The molecule has 0 aromatic heterocycles. The zero-order valence-corrected chi connectivity index (χ0v) is 16.7. The summed E-state index contributed by atoms with van der Waals surface area (Å²) in [5.74, 6) is 1.13. The van der Waals surface area contributed by atoms with Crippen molar-refractivity contribution in [3.63, 3.8) is 0 Å². The SMILES string of the molecule is C=CC[C@H](OC(=O)[C@@H]1[C@H](C=C(C)C)C1(C)C)c1cccc(OC)c1OC. The van der Waals surface area contributed by atoms with Crippen LogP contribution in [0.5, 0.6) is 11.5 Å². The molecule has 4 nitrogen and oxygen atoms in total. The number of rotatable bonds is 8. The number of carbonyl (C=O) groups is 1. The lowest BCUT2D eigenvalue weighted by Crippen LogP contribution is -2.16. The van der Waals surface area contributed by atoms with E-state index in [-0.39, 0.29) is 23.2 Å². The molecule has 4 heteroatoms. The van der Waals surface area contributed by atoms with Crippen LogP contribution in [-0.2, 0) is 9.53 Å². The highest BCUT2D eigenvalue weighted by molar-refractivity contribution is 5.78. The molecule has 1 aliphatic carbocycles. The average Bonchev–Trinajstić information content (AvgIpc) is 3.12. The van der Waals surface area contributed by atoms with Crippen molar-refractivity contribution < 1.29 is 19.0 Å². The Morgan fingerprint density at radius 3 is 2.50 bits per heavy atom. The Morgan fingerprint density at radius 2 is 1.96 bits per heavy atom. The molecule has 0 aliphatic heterocycles. The van der Waals surface area contributed by atoms with Crippen molar-refractivity contribution in [1.29, 1.82) is 0 Å². The first kappa shape index (κ1) is 20.1. The van der Waals surface area contributed by atoms with Crippen LogP contribution in [0.25, 0.3) is 0 Å². The minimum Gasteiger partial charge on any atom is -0.493 e. The molecule has 3 atom stereocenters. The summed E-state index contributed by atoms with van der Waals surface area (Å²) >= 11 is 0. The fraction of sp³-hybridized carbons (Fsp3) is 0.500. The van der Waals surface area contributed by atoms with Gasteiger partial charge in [0.15, 0.2) is 11.5 Å². The smallest absolute Gasteiger partial charge is 0.310 e. The van der Waals surface area contributed by atoms with Crippen molar-refractivity contribution in [1.82, 2.24) is 0 Å². The molecule has 0 bridgehead atoms. The van der Waals surface area contributed by atoms with Crippen LogP contribution in [0, 0.1) is 17.3 Å². The van der Waals surface area contributed by atoms with Gasteiger partial charge in [0.25, 0.3) is 0 Å². The van der Waals surface area contributed by atoms with Crippen molar-refractivity contribution in [2.24, 2.45) is 17.3 Å². The van der Waals surface area contributed by atoms with Gasteiger partial charge in [-0.05, 0) is 31.2 Å². The van der Waals surface area contributed by atoms with Crippen molar-refractivity contribution in [2.45, 2.75) is 40.2 Å². The second-order valence-corrected chi connectivity index (χ2v) is 7.60. The van der Waals surface area contributed by atoms with Gasteiger partial charge in [0.1, 0.15) is 6.10 Å². The summed E-state index contributed by atoms with van der Waals surface area (Å²) in [6, 6.07) is 5.59. The van der Waals surface area contributed by atoms with Gasteiger partial charge in [-0.1, -0.05) is 43.7 Å². The minimum atomic E-state index is -0.450. The van der Waals surface area contributed by atoms with Crippen LogP contribution in [0.15, 0.2) is 42.5 Å². The molecule has 0 heterocycles. The van der Waals surface area contributed by atoms with Crippen LogP contribution in [-0.4, -0.2) is 20.2 Å². The van der Waals surface area contributed by atoms with Gasteiger partial charge < -0.3 is 14.2 Å². The third-order valence-corrected chi connectivity index (χ3v) is 5.10. The summed E-state index contributed by atoms with van der Waals surface area (Å²) in [6.45, 7) is 12.1. The maximum absolute atomic E-state index is 12.9. The van der Waals surface area contributed by atoms with E-state index in [9.17, 15) is 4.79 Å². The molecule has 1 aliphatic rings. The van der Waals surface area contributed by atoms with E-state index >= 15 is 0 Å². The Balaban J connectivity index is 2.26. The van der Waals surface area contributed by atoms with Crippen molar-refractivity contribution in [3.05, 3.63) is 48.1 Å². The standard InChI is InChI=1S/C22H30O4/c1-8-10-17(15-11-9-12-18(24-6)20(15)25-7)26-21(23)19-16(13-14(2)3)22(19,4)5/h8-9,11-13,16-17,19H,1,10H2,2-7H3/t16-,17-,19-/m0/s1. The van der Waals surface area contributed by atoms with Crippen LogP contribution in [0.3, 0.4) is 0 Å². The van der Waals surface area contributed by atoms with Crippen LogP contribution in [0.4, 0.5) is 0 Å². The highest BCUT2D eigenvalue weighted by Crippen LogP contribution is 2.60. The van der Waals surface area contributed by atoms with Gasteiger partial charge in [-0.15, -0.1) is 6.58 Å². The Kier molecular flexibility index (Phi) is 6.17. The van der Waals surface area contributed by atoms with Gasteiger partial charge in [-0.3, -0.25) is 4.79 Å². The van der Waals surface area contributed by atoms with E-state index in [2.05, 4.69) is 40.3 Å². The number of hydrogen-bond acceptors (Lipinski definition) is 4. The third-order valence-electron chi connectivity index (χ3n) is 5.10. The van der Waals surface area contributed by atoms with E-state index in [1.165, 1.54) is 5.57 Å². The van der Waals surface area contributed by atoms with Crippen LogP contribution < -0.4 is 9.47 Å². The van der Waals surface area contributed by atoms with E-state index in [1.54, 1.807) is 20.3 Å². The predicted octanol–water partition coefficient (Wildman–Crippen LogP) is 5.10. The highest BCUT2D eigenvalue weighted by Gasteiger charge is 2.61. The number of benzene rings is 1. The van der Waals surface area contributed by atoms with Gasteiger partial charge in [-0.2, -0.15) is 0 Å². The van der Waals surface area contributed by atoms with E-state index in [1.807, 2.05) is 18.2 Å². The zero-order valence-electron chi connectivity index (χ0n) is 16.7. The maximum atomic E-state index is 12.9. The molecule has 0 saturated heterocycles. The van der Waals surface area contributed by atoms with E-state index in [0.717, 1.165) is 5.56 Å². The van der Waals surface area contributed by atoms with Gasteiger partial charge in [0, 0.05) is 12.0 Å². The predicted molar refractivity (Wildman–Crippen MR) is 103 cm³/mol. The molecule has 0 radical (unpaired) electrons. The normalized spacial score (nSPS) is 21.3. The Morgan fingerprint density at radius 1 is 1.27 bits per heavy atom. The van der Waals surface area contributed by atoms with E-state index in [4.69, 9.17) is 14.2 Å². The Labute approximate surface area is 156 Å². The molecule has 26 heavy (non-hydrogen) atoms. The molecule has 1 aromatic carbocycles. The van der Waals surface area contributed by atoms with E-state index in [0.29, 0.717) is 17.9 Å². The number of para-hydroxylation sites is 1. The Bertz CT molecular complexity index is 698. The minimum absolute atomic E-state index is 0.0778. The van der Waals surface area contributed by atoms with E-state index < -0.39 is 6.10 Å². The van der Waals surface area contributed by atoms with Crippen LogP contribution in [0.2, 0.25) is 0 Å². The summed E-state index contributed by atoms with van der Waals surface area (Å²) in [6.07, 6.45) is 3.98. The van der Waals surface area contributed by atoms with Crippen molar-refractivity contribution >= 4 is 5.97 Å². The molecule has 1 aromatic rings. The van der Waals surface area contributed by atoms with Gasteiger partial charge in [0.05, 0.1) is 20.1 Å². The number of carbonyl (C=O) groups excluding carboxylic acids is 1. The summed E-state index contributed by atoms with van der Waals surface area (Å²) < 4.78 is 16.8. The lowest BCUT2D eigenvalue weighted by molar-refractivity contribution is -0.152. The molecule has 142 valence electrons. The second-order valence-electron chi connectivity index (χ2n) is 7.60. The highest BCUT2D eigenvalue weighted by atomic mass is 16.5. The van der Waals surface area contributed by atoms with Gasteiger partial charge in [-0.25, -0.2) is 0 Å². The van der Waals surface area contributed by atoms with Gasteiger partial charge >= 0.3 is 5.97 Å². The molecular weight excluding hydrogens is 328 g/mol. The lowest BCUT2D eigenvalue weighted by Gasteiger charge is -2.21. The number of ether oxygens (including phenoxy) is 3. The zero-order chi connectivity index (χ0) is 19.5. The fourth-order valence-electron chi connectivity index (χ4n) is 3.57. The third kappa shape index (κ3) is 3.95. The summed E-state index contributed by atoms with van der Waals surface area (Å²) in [5, 5.41) is 0. The first-order valence-electron chi connectivity index (χ1n) is 8.95. The quantitative estimate of drug-likeness (QED) is 0.479. The number of allylic oxidation sites excluding steroid dienone is 2. The number of esters is 1. The summed E-state index contributed by atoms with van der Waals surface area (Å²) in [4.78, 5) is 12.9. The number of methoxy groups -OCH3 is 2. The largest absolute Gasteiger partial charge is 0.493 e. The molecular formula is C22H30O4. The molecule has 0 amide bonds. The summed E-state index contributed by atoms with van der Waals surface area (Å²) in [7, 11) is 3.18. The molecule has 0 unspecified atom stereocenters. The fourth-order valence-corrected chi connectivity index (χ4v) is 3.57. The van der Waals surface area contributed by atoms with Crippen LogP contribution >= 0.6 is 0 Å². The van der Waals surface area contributed by atoms with Gasteiger partial charge in [0.2, 0.25) is 0 Å². The second kappa shape index (κ2) is 7.98. The molecule has 1 saturated carbocycles. The topological polar surface area (TPSA) is 44.8 Å². The Hall–Kier alpha value is -2.23. The molecule has 1 fully saturated rings. The monoisotopic (exact) mass is 358 g/mol. The van der Waals surface area contributed by atoms with Crippen LogP contribution in [0.1, 0.15) is 45.8 Å². The molecule has 0 N–H and O–H groups in total. The first-order chi connectivity index (χ1) is 12.3. The van der Waals surface area contributed by atoms with Crippen molar-refractivity contribution in [2.75, 3.05) is 14.2 Å². The molecule has 0 spiro atoms.